The van der Waals surface area contributed by atoms with Gasteiger partial charge in [0.15, 0.2) is 5.82 Å². The van der Waals surface area contributed by atoms with Crippen molar-refractivity contribution >= 4 is 34.5 Å². The van der Waals surface area contributed by atoms with E-state index in [0.717, 1.165) is 0 Å². The van der Waals surface area contributed by atoms with Crippen molar-refractivity contribution in [2.45, 2.75) is 0 Å². The van der Waals surface area contributed by atoms with Crippen LogP contribution in [-0.2, 0) is 0 Å². The lowest BCUT2D eigenvalue weighted by molar-refractivity contribution is 0.101. The minimum absolute atomic E-state index is 0.208. The van der Waals surface area contributed by atoms with Crippen LogP contribution in [0.4, 0.5) is 11.4 Å². The number of amides is 2. The maximum absolute atomic E-state index is 12.7. The molecule has 4 rings (SSSR count). The van der Waals surface area contributed by atoms with E-state index in [-0.39, 0.29) is 11.8 Å². The van der Waals surface area contributed by atoms with Gasteiger partial charge in [0.05, 0.1) is 10.6 Å². The summed E-state index contributed by atoms with van der Waals surface area (Å²) in [5, 5.41) is 11.6. The van der Waals surface area contributed by atoms with Gasteiger partial charge in [0.1, 0.15) is 0 Å². The number of benzene rings is 1. The van der Waals surface area contributed by atoms with Crippen LogP contribution < -0.4 is 10.6 Å². The van der Waals surface area contributed by atoms with Crippen LogP contribution in [0.3, 0.4) is 0 Å². The number of thiophene rings is 1. The van der Waals surface area contributed by atoms with Crippen molar-refractivity contribution in [1.82, 2.24) is 14.8 Å². The highest BCUT2D eigenvalue weighted by atomic mass is 32.1. The van der Waals surface area contributed by atoms with Gasteiger partial charge < -0.3 is 10.6 Å². The lowest BCUT2D eigenvalue weighted by Gasteiger charge is -2.11. The number of hydrogen-bond acceptors (Lipinski definition) is 5. The molecule has 0 spiro atoms. The van der Waals surface area contributed by atoms with Gasteiger partial charge in [-0.1, -0.05) is 12.1 Å². The molecule has 0 saturated carbocycles. The molecule has 0 bridgehead atoms. The van der Waals surface area contributed by atoms with E-state index >= 15 is 0 Å². The highest BCUT2D eigenvalue weighted by Crippen LogP contribution is 2.19. The maximum atomic E-state index is 12.7. The fourth-order valence-corrected chi connectivity index (χ4v) is 3.22. The molecule has 1 aromatic carbocycles. The van der Waals surface area contributed by atoms with Crippen LogP contribution in [0.1, 0.15) is 20.0 Å². The number of carbonyl (C=O) groups is 2. The van der Waals surface area contributed by atoms with Gasteiger partial charge in [-0.3, -0.25) is 9.59 Å². The molecule has 4 aromatic rings. The summed E-state index contributed by atoms with van der Waals surface area (Å²) in [6.45, 7) is 0. The molecule has 3 heterocycles. The fourth-order valence-electron chi connectivity index (χ4n) is 2.60. The lowest BCUT2D eigenvalue weighted by atomic mass is 10.2. The Morgan fingerprint density at radius 2 is 1.86 bits per heavy atom. The van der Waals surface area contributed by atoms with Gasteiger partial charge in [0.2, 0.25) is 0 Å². The zero-order valence-electron chi connectivity index (χ0n) is 14.6. The van der Waals surface area contributed by atoms with E-state index in [4.69, 9.17) is 0 Å². The van der Waals surface area contributed by atoms with Crippen molar-refractivity contribution in [1.29, 1.82) is 0 Å². The van der Waals surface area contributed by atoms with Crippen molar-refractivity contribution in [2.75, 3.05) is 10.6 Å². The van der Waals surface area contributed by atoms with Crippen LogP contribution in [0, 0.1) is 0 Å². The van der Waals surface area contributed by atoms with Gasteiger partial charge in [-0.2, -0.15) is 5.10 Å². The highest BCUT2D eigenvalue weighted by molar-refractivity contribution is 7.12. The van der Waals surface area contributed by atoms with Gasteiger partial charge in [0.25, 0.3) is 11.8 Å². The molecule has 3 aromatic heterocycles. The highest BCUT2D eigenvalue weighted by Gasteiger charge is 2.13. The first-order valence-electron chi connectivity index (χ1n) is 8.42. The number of rotatable bonds is 5. The minimum Gasteiger partial charge on any atom is -0.321 e. The topological polar surface area (TPSA) is 88.9 Å². The van der Waals surface area contributed by atoms with E-state index in [1.54, 1.807) is 71.8 Å². The first kappa shape index (κ1) is 17.6. The summed E-state index contributed by atoms with van der Waals surface area (Å²) < 4.78 is 1.58. The molecule has 138 valence electrons. The Labute approximate surface area is 164 Å². The van der Waals surface area contributed by atoms with E-state index < -0.39 is 0 Å². The molecule has 0 aliphatic heterocycles. The molecule has 0 saturated heterocycles. The second-order valence-electron chi connectivity index (χ2n) is 5.79. The number of hydrogen-bond donors (Lipinski definition) is 2. The molecule has 2 N–H and O–H groups in total. The monoisotopic (exact) mass is 389 g/mol. The summed E-state index contributed by atoms with van der Waals surface area (Å²) in [5.74, 6) is -0.00239. The summed E-state index contributed by atoms with van der Waals surface area (Å²) in [5.41, 5.74) is 1.49. The summed E-state index contributed by atoms with van der Waals surface area (Å²) in [6, 6.07) is 15.6. The molecular formula is C20H15N5O2S. The predicted molar refractivity (Wildman–Crippen MR) is 108 cm³/mol. The van der Waals surface area contributed by atoms with Gasteiger partial charge >= 0.3 is 0 Å². The van der Waals surface area contributed by atoms with E-state index in [1.807, 2.05) is 11.4 Å². The molecular weight excluding hydrogens is 374 g/mol. The van der Waals surface area contributed by atoms with Crippen LogP contribution in [0.15, 0.2) is 78.6 Å². The first-order valence-corrected chi connectivity index (χ1v) is 9.30. The standard InChI is InChI=1S/C20H15N5O2S/c26-19(24-16-7-2-9-21-18(16)25-11-4-10-22-25)14-5-1-6-15(13-14)23-20(27)17-8-3-12-28-17/h1-13H,(H,23,27)(H,24,26). The second kappa shape index (κ2) is 7.85. The third-order valence-corrected chi connectivity index (χ3v) is 4.75. The van der Waals surface area contributed by atoms with Crippen molar-refractivity contribution in [3.05, 3.63) is 89.0 Å². The lowest BCUT2D eigenvalue weighted by Crippen LogP contribution is -2.16. The molecule has 28 heavy (non-hydrogen) atoms. The molecule has 0 aliphatic rings. The summed E-state index contributed by atoms with van der Waals surface area (Å²) in [6.07, 6.45) is 5.02. The van der Waals surface area contributed by atoms with Gasteiger partial charge in [0, 0.05) is 29.8 Å². The Morgan fingerprint density at radius 3 is 2.64 bits per heavy atom. The zero-order chi connectivity index (χ0) is 19.3. The molecule has 8 heteroatoms. The Bertz CT molecular complexity index is 1110. The smallest absolute Gasteiger partial charge is 0.265 e. The average Bonchev–Trinajstić information content (AvgIpc) is 3.43. The molecule has 2 amide bonds. The Kier molecular flexibility index (Phi) is 4.94. The van der Waals surface area contributed by atoms with E-state index in [9.17, 15) is 9.59 Å². The third kappa shape index (κ3) is 3.81. The number of nitrogens with one attached hydrogen (secondary N) is 2. The van der Waals surface area contributed by atoms with Crippen molar-refractivity contribution in [2.24, 2.45) is 0 Å². The van der Waals surface area contributed by atoms with Crippen LogP contribution in [-0.4, -0.2) is 26.6 Å². The average molecular weight is 389 g/mol. The SMILES string of the molecule is O=C(Nc1cccnc1-n1cccn1)c1cccc(NC(=O)c2cccs2)c1. The number of pyridine rings is 1. The Hall–Kier alpha value is -3.78. The van der Waals surface area contributed by atoms with E-state index in [1.165, 1.54) is 11.3 Å². The van der Waals surface area contributed by atoms with Crippen LogP contribution in [0.2, 0.25) is 0 Å². The van der Waals surface area contributed by atoms with E-state index in [0.29, 0.717) is 27.6 Å². The summed E-state index contributed by atoms with van der Waals surface area (Å²) in [4.78, 5) is 29.8. The van der Waals surface area contributed by atoms with Crippen molar-refractivity contribution in [3.8, 4) is 5.82 Å². The van der Waals surface area contributed by atoms with Crippen LogP contribution in [0.25, 0.3) is 5.82 Å². The molecule has 0 radical (unpaired) electrons. The molecule has 0 fully saturated rings. The normalized spacial score (nSPS) is 10.4. The quantitative estimate of drug-likeness (QED) is 0.543. The Morgan fingerprint density at radius 1 is 0.929 bits per heavy atom. The number of carbonyl (C=O) groups excluding carboxylic acids is 2. The second-order valence-corrected chi connectivity index (χ2v) is 6.74. The fraction of sp³-hybridized carbons (Fsp3) is 0. The van der Waals surface area contributed by atoms with E-state index in [2.05, 4.69) is 20.7 Å². The van der Waals surface area contributed by atoms with Gasteiger partial charge in [-0.25, -0.2) is 9.67 Å². The van der Waals surface area contributed by atoms with Crippen molar-refractivity contribution in [3.63, 3.8) is 0 Å². The van der Waals surface area contributed by atoms with Crippen LogP contribution >= 0.6 is 11.3 Å². The van der Waals surface area contributed by atoms with Crippen LogP contribution in [0.5, 0.6) is 0 Å². The predicted octanol–water partition coefficient (Wildman–Crippen LogP) is 3.83. The third-order valence-electron chi connectivity index (χ3n) is 3.88. The number of anilines is 2. The summed E-state index contributed by atoms with van der Waals surface area (Å²) >= 11 is 1.36. The van der Waals surface area contributed by atoms with Gasteiger partial charge in [-0.15, -0.1) is 11.3 Å². The molecule has 0 aliphatic carbocycles. The minimum atomic E-state index is -0.311. The summed E-state index contributed by atoms with van der Waals surface area (Å²) in [7, 11) is 0. The molecule has 0 unspecified atom stereocenters. The molecule has 7 nitrogen and oxygen atoms in total. The zero-order valence-corrected chi connectivity index (χ0v) is 15.4. The Balaban J connectivity index is 1.53. The van der Waals surface area contributed by atoms with Crippen molar-refractivity contribution < 1.29 is 9.59 Å². The number of aromatic nitrogens is 3. The molecule has 0 atom stereocenters. The maximum Gasteiger partial charge on any atom is 0.265 e. The number of nitrogens with zero attached hydrogens (tertiary/aromatic N) is 3. The first-order chi connectivity index (χ1) is 13.7. The largest absolute Gasteiger partial charge is 0.321 e. The van der Waals surface area contributed by atoms with Gasteiger partial charge in [-0.05, 0) is 47.8 Å².